The van der Waals surface area contributed by atoms with Crippen molar-refractivity contribution in [1.82, 2.24) is 19.9 Å². The second-order valence-corrected chi connectivity index (χ2v) is 8.65. The standard InChI is InChI=1S/C19H26ClN5O4/c1-19(2,3)29-18(28)24(4)15-9-14(20)23-16-13(10-21-25(15)16)17(27)22-11-6-5-7-12(26)8-11/h9-12,26H,5-8H2,1-4H3,(H,22,27)/t11-,12-/m1/s1. The van der Waals surface area contributed by atoms with Crippen LogP contribution in [0.1, 0.15) is 56.8 Å². The van der Waals surface area contributed by atoms with Crippen LogP contribution in [0.15, 0.2) is 12.3 Å². The van der Waals surface area contributed by atoms with Crippen LogP contribution in [0.25, 0.3) is 5.65 Å². The molecule has 1 fully saturated rings. The van der Waals surface area contributed by atoms with E-state index in [-0.39, 0.29) is 28.3 Å². The lowest BCUT2D eigenvalue weighted by atomic mass is 9.93. The zero-order valence-electron chi connectivity index (χ0n) is 17.0. The van der Waals surface area contributed by atoms with Gasteiger partial charge in [0, 0.05) is 19.2 Å². The van der Waals surface area contributed by atoms with E-state index in [2.05, 4.69) is 15.4 Å². The normalized spacial score (nSPS) is 19.8. The van der Waals surface area contributed by atoms with Gasteiger partial charge in [0.25, 0.3) is 5.91 Å². The van der Waals surface area contributed by atoms with E-state index in [1.165, 1.54) is 28.7 Å². The summed E-state index contributed by atoms with van der Waals surface area (Å²) >= 11 is 6.15. The molecule has 3 rings (SSSR count). The number of amides is 2. The van der Waals surface area contributed by atoms with Gasteiger partial charge in [0.15, 0.2) is 5.65 Å². The van der Waals surface area contributed by atoms with Crippen LogP contribution in [0.3, 0.4) is 0 Å². The van der Waals surface area contributed by atoms with Gasteiger partial charge in [-0.1, -0.05) is 11.6 Å². The van der Waals surface area contributed by atoms with E-state index >= 15 is 0 Å². The SMILES string of the molecule is CN(C(=O)OC(C)(C)C)c1cc(Cl)nc2c(C(=O)N[C@@H]3CCC[C@@H](O)C3)cnn12. The van der Waals surface area contributed by atoms with E-state index in [4.69, 9.17) is 16.3 Å². The molecule has 2 aromatic rings. The minimum atomic E-state index is -0.666. The molecule has 0 aromatic carbocycles. The molecule has 2 amide bonds. The Morgan fingerprint density at radius 2 is 2.10 bits per heavy atom. The Morgan fingerprint density at radius 1 is 1.38 bits per heavy atom. The van der Waals surface area contributed by atoms with Crippen LogP contribution < -0.4 is 10.2 Å². The first-order valence-corrected chi connectivity index (χ1v) is 9.93. The molecule has 0 saturated heterocycles. The summed E-state index contributed by atoms with van der Waals surface area (Å²) in [5.74, 6) is -0.0267. The molecule has 10 heteroatoms. The summed E-state index contributed by atoms with van der Waals surface area (Å²) in [7, 11) is 1.53. The number of nitrogens with one attached hydrogen (secondary N) is 1. The molecule has 2 N–H and O–H groups in total. The van der Waals surface area contributed by atoms with Gasteiger partial charge in [-0.15, -0.1) is 0 Å². The van der Waals surface area contributed by atoms with E-state index in [9.17, 15) is 14.7 Å². The van der Waals surface area contributed by atoms with Crippen LogP contribution >= 0.6 is 11.6 Å². The molecule has 29 heavy (non-hydrogen) atoms. The Labute approximate surface area is 174 Å². The Hall–Kier alpha value is -2.39. The number of rotatable bonds is 3. The van der Waals surface area contributed by atoms with Crippen molar-refractivity contribution in [3.05, 3.63) is 23.0 Å². The van der Waals surface area contributed by atoms with Gasteiger partial charge in [0.2, 0.25) is 0 Å². The monoisotopic (exact) mass is 423 g/mol. The first-order valence-electron chi connectivity index (χ1n) is 9.55. The van der Waals surface area contributed by atoms with Crippen LogP contribution in [0.2, 0.25) is 5.15 Å². The zero-order valence-corrected chi connectivity index (χ0v) is 17.7. The number of aliphatic hydroxyl groups is 1. The van der Waals surface area contributed by atoms with Crippen molar-refractivity contribution in [2.45, 2.75) is 64.2 Å². The van der Waals surface area contributed by atoms with Crippen LogP contribution in [0, 0.1) is 0 Å². The molecule has 2 atom stereocenters. The lowest BCUT2D eigenvalue weighted by Crippen LogP contribution is -2.39. The Bertz CT molecular complexity index is 923. The summed E-state index contributed by atoms with van der Waals surface area (Å²) in [5, 5.41) is 17.1. The van der Waals surface area contributed by atoms with E-state index in [0.717, 1.165) is 19.3 Å². The number of carbonyl (C=O) groups excluding carboxylic acids is 2. The van der Waals surface area contributed by atoms with Gasteiger partial charge in [-0.2, -0.15) is 9.61 Å². The second-order valence-electron chi connectivity index (χ2n) is 8.26. The highest BCUT2D eigenvalue weighted by molar-refractivity contribution is 6.30. The van der Waals surface area contributed by atoms with Gasteiger partial charge in [0.1, 0.15) is 22.1 Å². The highest BCUT2D eigenvalue weighted by Gasteiger charge is 2.27. The summed E-state index contributed by atoms with van der Waals surface area (Å²) < 4.78 is 6.76. The Kier molecular flexibility index (Phi) is 6.00. The van der Waals surface area contributed by atoms with Gasteiger partial charge in [-0.3, -0.25) is 9.69 Å². The molecular weight excluding hydrogens is 398 g/mol. The molecule has 0 radical (unpaired) electrons. The van der Waals surface area contributed by atoms with Crippen molar-refractivity contribution in [3.63, 3.8) is 0 Å². The number of fused-ring (bicyclic) bond motifs is 1. The quantitative estimate of drug-likeness (QED) is 0.734. The van der Waals surface area contributed by atoms with E-state index in [1.807, 2.05) is 0 Å². The number of ether oxygens (including phenoxy) is 1. The molecule has 2 heterocycles. The van der Waals surface area contributed by atoms with E-state index in [0.29, 0.717) is 12.2 Å². The van der Waals surface area contributed by atoms with Gasteiger partial charge in [-0.25, -0.2) is 9.78 Å². The third kappa shape index (κ3) is 4.97. The molecule has 1 aliphatic rings. The zero-order chi connectivity index (χ0) is 21.3. The van der Waals surface area contributed by atoms with Crippen molar-refractivity contribution in [2.75, 3.05) is 11.9 Å². The fourth-order valence-corrected chi connectivity index (χ4v) is 3.48. The fraction of sp³-hybridized carbons (Fsp3) is 0.579. The molecular formula is C19H26ClN5O4. The van der Waals surface area contributed by atoms with E-state index in [1.54, 1.807) is 20.8 Å². The summed E-state index contributed by atoms with van der Waals surface area (Å²) in [6.45, 7) is 5.31. The Morgan fingerprint density at radius 3 is 2.76 bits per heavy atom. The molecule has 2 aromatic heterocycles. The average molecular weight is 424 g/mol. The first-order chi connectivity index (χ1) is 13.5. The largest absolute Gasteiger partial charge is 0.443 e. The number of halogens is 1. The number of nitrogens with zero attached hydrogens (tertiary/aromatic N) is 4. The predicted molar refractivity (Wildman–Crippen MR) is 108 cm³/mol. The number of carbonyl (C=O) groups is 2. The van der Waals surface area contributed by atoms with E-state index < -0.39 is 17.8 Å². The number of aromatic nitrogens is 3. The van der Waals surface area contributed by atoms with Crippen LogP contribution in [0.5, 0.6) is 0 Å². The van der Waals surface area contributed by atoms with Crippen molar-refractivity contribution in [2.24, 2.45) is 0 Å². The second kappa shape index (κ2) is 8.16. The summed E-state index contributed by atoms with van der Waals surface area (Å²) in [6.07, 6.45) is 3.34. The maximum absolute atomic E-state index is 12.8. The van der Waals surface area contributed by atoms with Crippen molar-refractivity contribution in [3.8, 4) is 0 Å². The minimum absolute atomic E-state index is 0.107. The number of aliphatic hydroxyl groups excluding tert-OH is 1. The molecule has 158 valence electrons. The van der Waals surface area contributed by atoms with Crippen molar-refractivity contribution < 1.29 is 19.4 Å². The Balaban J connectivity index is 1.88. The molecule has 9 nitrogen and oxygen atoms in total. The number of hydrogen-bond acceptors (Lipinski definition) is 6. The molecule has 0 unspecified atom stereocenters. The molecule has 1 saturated carbocycles. The van der Waals surface area contributed by atoms with Gasteiger partial charge in [-0.05, 0) is 46.5 Å². The third-order valence-electron chi connectivity index (χ3n) is 4.66. The summed E-state index contributed by atoms with van der Waals surface area (Å²) in [4.78, 5) is 30.7. The number of hydrogen-bond donors (Lipinski definition) is 2. The first kappa shape index (κ1) is 21.3. The minimum Gasteiger partial charge on any atom is -0.443 e. The number of anilines is 1. The van der Waals surface area contributed by atoms with Crippen LogP contribution in [0.4, 0.5) is 10.6 Å². The van der Waals surface area contributed by atoms with Gasteiger partial charge >= 0.3 is 6.09 Å². The lowest BCUT2D eigenvalue weighted by molar-refractivity contribution is 0.0587. The average Bonchev–Trinajstić information content (AvgIpc) is 3.02. The highest BCUT2D eigenvalue weighted by atomic mass is 35.5. The predicted octanol–water partition coefficient (Wildman–Crippen LogP) is 2.79. The fourth-order valence-electron chi connectivity index (χ4n) is 3.30. The molecule has 0 aliphatic heterocycles. The summed E-state index contributed by atoms with van der Waals surface area (Å²) in [6, 6.07) is 1.37. The molecule has 1 aliphatic carbocycles. The van der Waals surface area contributed by atoms with Gasteiger partial charge < -0.3 is 15.2 Å². The third-order valence-corrected chi connectivity index (χ3v) is 4.85. The summed E-state index contributed by atoms with van der Waals surface area (Å²) in [5.41, 5.74) is -0.191. The molecule has 0 bridgehead atoms. The maximum atomic E-state index is 12.8. The van der Waals surface area contributed by atoms with Crippen molar-refractivity contribution >= 4 is 35.1 Å². The highest BCUT2D eigenvalue weighted by Crippen LogP contribution is 2.24. The van der Waals surface area contributed by atoms with Crippen LogP contribution in [-0.4, -0.2) is 56.5 Å². The van der Waals surface area contributed by atoms with Crippen LogP contribution in [-0.2, 0) is 4.74 Å². The van der Waals surface area contributed by atoms with Crippen molar-refractivity contribution in [1.29, 1.82) is 0 Å². The smallest absolute Gasteiger partial charge is 0.415 e. The maximum Gasteiger partial charge on any atom is 0.415 e. The van der Waals surface area contributed by atoms with Gasteiger partial charge in [0.05, 0.1) is 12.3 Å². The lowest BCUT2D eigenvalue weighted by Gasteiger charge is -2.26. The topological polar surface area (TPSA) is 109 Å². The molecule has 0 spiro atoms.